The largest absolute Gasteiger partial charge is 0.339 e. The Morgan fingerprint density at radius 3 is 2.27 bits per heavy atom. The van der Waals surface area contributed by atoms with Gasteiger partial charge in [0.1, 0.15) is 11.4 Å². The van der Waals surface area contributed by atoms with Crippen LogP contribution in [0, 0.1) is 5.92 Å². The zero-order chi connectivity index (χ0) is 18.1. The molecule has 0 bridgehead atoms. The molecule has 2 amide bonds. The molecular weight excluding hydrogens is 330 g/mol. The van der Waals surface area contributed by atoms with Crippen LogP contribution in [0.1, 0.15) is 36.0 Å². The van der Waals surface area contributed by atoms with Crippen molar-refractivity contribution in [1.82, 2.24) is 24.1 Å². The number of aromatic nitrogens is 3. The highest BCUT2D eigenvalue weighted by atomic mass is 16.2. The maximum Gasteiger partial charge on any atom is 0.259 e. The predicted molar refractivity (Wildman–Crippen MR) is 97.0 cm³/mol. The summed E-state index contributed by atoms with van der Waals surface area (Å²) in [6.07, 6.45) is 9.82. The fourth-order valence-corrected chi connectivity index (χ4v) is 4.10. The molecule has 2 fully saturated rings. The third-order valence-electron chi connectivity index (χ3n) is 5.57. The van der Waals surface area contributed by atoms with Gasteiger partial charge in [-0.15, -0.1) is 0 Å². The van der Waals surface area contributed by atoms with E-state index in [1.165, 1.54) is 0 Å². The molecule has 2 aromatic rings. The third-order valence-corrected chi connectivity index (χ3v) is 5.57. The molecule has 7 nitrogen and oxygen atoms in total. The van der Waals surface area contributed by atoms with Gasteiger partial charge in [-0.05, 0) is 25.0 Å². The zero-order valence-electron chi connectivity index (χ0n) is 15.2. The number of nitrogens with zero attached hydrogens (tertiary/aromatic N) is 5. The minimum absolute atomic E-state index is 0.0187. The molecule has 0 aromatic carbocycles. The Balaban J connectivity index is 1.44. The van der Waals surface area contributed by atoms with Crippen LogP contribution in [-0.2, 0) is 11.8 Å². The van der Waals surface area contributed by atoms with Crippen molar-refractivity contribution in [2.75, 3.05) is 26.2 Å². The van der Waals surface area contributed by atoms with Gasteiger partial charge >= 0.3 is 0 Å². The molecule has 26 heavy (non-hydrogen) atoms. The van der Waals surface area contributed by atoms with Gasteiger partial charge in [-0.1, -0.05) is 12.8 Å². The van der Waals surface area contributed by atoms with Crippen LogP contribution in [-0.4, -0.2) is 62.1 Å². The molecule has 2 aromatic heterocycles. The van der Waals surface area contributed by atoms with Gasteiger partial charge in [-0.2, -0.15) is 5.10 Å². The van der Waals surface area contributed by atoms with Crippen molar-refractivity contribution in [2.45, 2.75) is 25.7 Å². The fraction of sp³-hybridized carbons (Fsp3) is 0.526. The lowest BCUT2D eigenvalue weighted by atomic mass is 10.1. The third kappa shape index (κ3) is 3.02. The molecule has 1 aliphatic carbocycles. The number of piperazine rings is 1. The summed E-state index contributed by atoms with van der Waals surface area (Å²) >= 11 is 0. The summed E-state index contributed by atoms with van der Waals surface area (Å²) in [6, 6.07) is 3.85. The van der Waals surface area contributed by atoms with E-state index in [0.29, 0.717) is 31.7 Å². The highest BCUT2D eigenvalue weighted by Gasteiger charge is 2.31. The van der Waals surface area contributed by atoms with Gasteiger partial charge in [0.25, 0.3) is 5.91 Å². The molecule has 0 atom stereocenters. The molecule has 7 heteroatoms. The van der Waals surface area contributed by atoms with E-state index in [4.69, 9.17) is 0 Å². The number of aryl methyl sites for hydroxylation is 1. The van der Waals surface area contributed by atoms with E-state index in [-0.39, 0.29) is 17.7 Å². The quantitative estimate of drug-likeness (QED) is 0.842. The van der Waals surface area contributed by atoms with E-state index in [0.717, 1.165) is 31.5 Å². The van der Waals surface area contributed by atoms with Gasteiger partial charge in [0, 0.05) is 51.5 Å². The fourth-order valence-electron chi connectivity index (χ4n) is 4.10. The minimum Gasteiger partial charge on any atom is -0.339 e. The predicted octanol–water partition coefficient (Wildman–Crippen LogP) is 1.69. The minimum atomic E-state index is -0.0187. The Bertz CT molecular complexity index is 781. The van der Waals surface area contributed by atoms with Crippen molar-refractivity contribution < 1.29 is 9.59 Å². The van der Waals surface area contributed by atoms with Crippen LogP contribution in [0.15, 0.2) is 30.7 Å². The van der Waals surface area contributed by atoms with Gasteiger partial charge in [-0.3, -0.25) is 14.3 Å². The molecule has 0 unspecified atom stereocenters. The summed E-state index contributed by atoms with van der Waals surface area (Å²) in [7, 11) is 1.84. The van der Waals surface area contributed by atoms with Crippen LogP contribution in [0.4, 0.5) is 0 Å². The number of hydrogen-bond acceptors (Lipinski definition) is 3. The normalized spacial score (nSPS) is 18.5. The summed E-state index contributed by atoms with van der Waals surface area (Å²) in [4.78, 5) is 29.4. The van der Waals surface area contributed by atoms with E-state index in [1.54, 1.807) is 10.9 Å². The molecule has 138 valence electrons. The van der Waals surface area contributed by atoms with Crippen LogP contribution in [0.3, 0.4) is 0 Å². The van der Waals surface area contributed by atoms with Crippen molar-refractivity contribution in [3.8, 4) is 5.82 Å². The zero-order valence-corrected chi connectivity index (χ0v) is 15.2. The van der Waals surface area contributed by atoms with Crippen molar-refractivity contribution >= 4 is 11.8 Å². The molecular formula is C19H25N5O2. The Morgan fingerprint density at radius 1 is 1.00 bits per heavy atom. The number of rotatable bonds is 3. The number of carbonyl (C=O) groups is 2. The summed E-state index contributed by atoms with van der Waals surface area (Å²) in [5.74, 6) is 1.24. The molecule has 2 aliphatic rings. The first-order valence-corrected chi connectivity index (χ1v) is 9.38. The molecule has 1 saturated heterocycles. The lowest BCUT2D eigenvalue weighted by Gasteiger charge is -2.36. The highest BCUT2D eigenvalue weighted by Crippen LogP contribution is 2.27. The topological polar surface area (TPSA) is 63.4 Å². The SMILES string of the molecule is Cn1ncc(C(=O)N2CCN(C(=O)C3CCCC3)CC2)c1-n1cccc1. The summed E-state index contributed by atoms with van der Waals surface area (Å²) < 4.78 is 3.62. The van der Waals surface area contributed by atoms with Crippen LogP contribution in [0.2, 0.25) is 0 Å². The van der Waals surface area contributed by atoms with E-state index < -0.39 is 0 Å². The maximum atomic E-state index is 13.0. The van der Waals surface area contributed by atoms with Crippen molar-refractivity contribution in [3.05, 3.63) is 36.3 Å². The smallest absolute Gasteiger partial charge is 0.259 e. The van der Waals surface area contributed by atoms with Crippen molar-refractivity contribution in [1.29, 1.82) is 0 Å². The first-order valence-electron chi connectivity index (χ1n) is 9.38. The van der Waals surface area contributed by atoms with Crippen LogP contribution in [0.25, 0.3) is 5.82 Å². The summed E-state index contributed by atoms with van der Waals surface area (Å²) in [5, 5.41) is 4.27. The van der Waals surface area contributed by atoms with E-state index in [2.05, 4.69) is 5.10 Å². The van der Waals surface area contributed by atoms with Crippen molar-refractivity contribution in [3.63, 3.8) is 0 Å². The van der Waals surface area contributed by atoms with E-state index >= 15 is 0 Å². The standard InChI is InChI=1S/C19H25N5O2/c1-21-17(22-8-4-5-9-22)16(14-20-21)19(26)24-12-10-23(11-13-24)18(25)15-6-2-3-7-15/h4-5,8-9,14-15H,2-3,6-7,10-13H2,1H3. The van der Waals surface area contributed by atoms with Crippen LogP contribution < -0.4 is 0 Å². The Morgan fingerprint density at radius 2 is 1.62 bits per heavy atom. The molecule has 0 radical (unpaired) electrons. The first kappa shape index (κ1) is 16.9. The monoisotopic (exact) mass is 355 g/mol. The second-order valence-electron chi connectivity index (χ2n) is 7.19. The number of amides is 2. The molecule has 1 saturated carbocycles. The first-order chi connectivity index (χ1) is 12.6. The van der Waals surface area contributed by atoms with E-state index in [1.807, 2.05) is 45.9 Å². The maximum absolute atomic E-state index is 13.0. The van der Waals surface area contributed by atoms with Gasteiger partial charge < -0.3 is 14.4 Å². The number of carbonyl (C=O) groups excluding carboxylic acids is 2. The lowest BCUT2D eigenvalue weighted by Crippen LogP contribution is -2.51. The Kier molecular flexibility index (Phi) is 4.53. The highest BCUT2D eigenvalue weighted by molar-refractivity contribution is 5.97. The van der Waals surface area contributed by atoms with Gasteiger partial charge in [0.05, 0.1) is 6.20 Å². The van der Waals surface area contributed by atoms with Crippen LogP contribution >= 0.6 is 0 Å². The summed E-state index contributed by atoms with van der Waals surface area (Å²) in [5.41, 5.74) is 0.597. The van der Waals surface area contributed by atoms with Gasteiger partial charge in [0.2, 0.25) is 5.91 Å². The Labute approximate surface area is 153 Å². The lowest BCUT2D eigenvalue weighted by molar-refractivity contribution is -0.136. The van der Waals surface area contributed by atoms with Gasteiger partial charge in [0.15, 0.2) is 0 Å². The second-order valence-corrected chi connectivity index (χ2v) is 7.19. The molecule has 1 aliphatic heterocycles. The van der Waals surface area contributed by atoms with Gasteiger partial charge in [-0.25, -0.2) is 0 Å². The summed E-state index contributed by atoms with van der Waals surface area (Å²) in [6.45, 7) is 2.41. The van der Waals surface area contributed by atoms with Crippen LogP contribution in [0.5, 0.6) is 0 Å². The molecule has 3 heterocycles. The number of hydrogen-bond donors (Lipinski definition) is 0. The average molecular weight is 355 g/mol. The average Bonchev–Trinajstić information content (AvgIpc) is 3.42. The molecule has 4 rings (SSSR count). The van der Waals surface area contributed by atoms with Crippen molar-refractivity contribution in [2.24, 2.45) is 13.0 Å². The van der Waals surface area contributed by atoms with E-state index in [9.17, 15) is 9.59 Å². The molecule has 0 spiro atoms. The second kappa shape index (κ2) is 6.97. The molecule has 0 N–H and O–H groups in total. The Hall–Kier alpha value is -2.57.